The van der Waals surface area contributed by atoms with Crippen molar-refractivity contribution in [2.45, 2.75) is 38.3 Å². The Hall–Kier alpha value is -1.55. The fraction of sp³-hybridized carbons (Fsp3) is 0.500. The van der Waals surface area contributed by atoms with Gasteiger partial charge in [-0.25, -0.2) is 0 Å². The van der Waals surface area contributed by atoms with Crippen molar-refractivity contribution in [3.8, 4) is 5.75 Å². The maximum atomic E-state index is 11.6. The van der Waals surface area contributed by atoms with Crippen LogP contribution in [0.3, 0.4) is 0 Å². The van der Waals surface area contributed by atoms with E-state index in [1.54, 1.807) is 6.92 Å². The number of carbonyl (C=O) groups is 1. The summed E-state index contributed by atoms with van der Waals surface area (Å²) < 4.78 is 5.73. The van der Waals surface area contributed by atoms with Crippen molar-refractivity contribution in [2.75, 3.05) is 6.61 Å². The number of amides is 1. The normalized spacial score (nSPS) is 18.1. The summed E-state index contributed by atoms with van der Waals surface area (Å²) >= 11 is 0. The highest BCUT2D eigenvalue weighted by molar-refractivity contribution is 5.84. The van der Waals surface area contributed by atoms with E-state index in [4.69, 9.17) is 10.5 Å². The molecule has 1 aliphatic carbocycles. The first-order chi connectivity index (χ1) is 8.51. The molecule has 1 amide bonds. The van der Waals surface area contributed by atoms with Gasteiger partial charge in [0.15, 0.2) is 0 Å². The lowest BCUT2D eigenvalue weighted by atomic mass is 10.0. The molecule has 0 spiro atoms. The Bertz CT molecular complexity index is 443. The molecular formula is C14H20N2O2. The second-order valence-electron chi connectivity index (χ2n) is 5.17. The monoisotopic (exact) mass is 248 g/mol. The SMILES string of the molecule is Cc1ccccc1OCC(C)(NC1CC1)C(N)=O. The van der Waals surface area contributed by atoms with Crippen LogP contribution in [-0.4, -0.2) is 24.1 Å². The van der Waals surface area contributed by atoms with Crippen LogP contribution in [0.2, 0.25) is 0 Å². The van der Waals surface area contributed by atoms with E-state index in [-0.39, 0.29) is 12.5 Å². The zero-order chi connectivity index (χ0) is 13.2. The molecule has 0 heterocycles. The molecule has 18 heavy (non-hydrogen) atoms. The van der Waals surface area contributed by atoms with Crippen molar-refractivity contribution in [1.29, 1.82) is 0 Å². The maximum absolute atomic E-state index is 11.6. The van der Waals surface area contributed by atoms with Gasteiger partial charge in [-0.1, -0.05) is 18.2 Å². The van der Waals surface area contributed by atoms with Crippen LogP contribution in [0.5, 0.6) is 5.75 Å². The highest BCUT2D eigenvalue weighted by atomic mass is 16.5. The molecule has 98 valence electrons. The third-order valence-electron chi connectivity index (χ3n) is 3.25. The van der Waals surface area contributed by atoms with E-state index >= 15 is 0 Å². The highest BCUT2D eigenvalue weighted by Gasteiger charge is 2.37. The lowest BCUT2D eigenvalue weighted by Crippen LogP contribution is -2.57. The largest absolute Gasteiger partial charge is 0.491 e. The van der Waals surface area contributed by atoms with Gasteiger partial charge in [-0.05, 0) is 38.3 Å². The molecule has 4 nitrogen and oxygen atoms in total. The summed E-state index contributed by atoms with van der Waals surface area (Å²) in [5.41, 5.74) is 5.72. The Morgan fingerprint density at radius 3 is 2.72 bits per heavy atom. The Balaban J connectivity index is 2.01. The standard InChI is InChI=1S/C14H20N2O2/c1-10-5-3-4-6-12(10)18-9-14(2,13(15)17)16-11-7-8-11/h3-6,11,16H,7-9H2,1-2H3,(H2,15,17). The van der Waals surface area contributed by atoms with Crippen molar-refractivity contribution in [1.82, 2.24) is 5.32 Å². The van der Waals surface area contributed by atoms with Crippen LogP contribution < -0.4 is 15.8 Å². The molecule has 2 rings (SSSR count). The lowest BCUT2D eigenvalue weighted by Gasteiger charge is -2.27. The number of aryl methyl sites for hydroxylation is 1. The summed E-state index contributed by atoms with van der Waals surface area (Å²) in [6, 6.07) is 8.15. The van der Waals surface area contributed by atoms with Crippen molar-refractivity contribution in [3.05, 3.63) is 29.8 Å². The minimum absolute atomic E-state index is 0.254. The van der Waals surface area contributed by atoms with Gasteiger partial charge >= 0.3 is 0 Å². The number of benzene rings is 1. The summed E-state index contributed by atoms with van der Waals surface area (Å²) in [6.45, 7) is 4.03. The molecule has 3 N–H and O–H groups in total. The second kappa shape index (κ2) is 4.98. The number of primary amides is 1. The first-order valence-electron chi connectivity index (χ1n) is 6.27. The second-order valence-corrected chi connectivity index (χ2v) is 5.17. The lowest BCUT2D eigenvalue weighted by molar-refractivity contribution is -0.125. The molecule has 0 radical (unpaired) electrons. The van der Waals surface area contributed by atoms with Crippen molar-refractivity contribution in [2.24, 2.45) is 5.73 Å². The van der Waals surface area contributed by atoms with Crippen LogP contribution in [0.4, 0.5) is 0 Å². The summed E-state index contributed by atoms with van der Waals surface area (Å²) in [5.74, 6) is 0.422. The highest BCUT2D eigenvalue weighted by Crippen LogP contribution is 2.24. The number of hydrogen-bond acceptors (Lipinski definition) is 3. The van der Waals surface area contributed by atoms with Crippen LogP contribution in [0.1, 0.15) is 25.3 Å². The molecule has 1 aromatic rings. The van der Waals surface area contributed by atoms with E-state index in [0.29, 0.717) is 6.04 Å². The summed E-state index contributed by atoms with van der Waals surface area (Å²) in [4.78, 5) is 11.6. The van der Waals surface area contributed by atoms with Crippen LogP contribution in [0.15, 0.2) is 24.3 Å². The van der Waals surface area contributed by atoms with E-state index < -0.39 is 5.54 Å². The average molecular weight is 248 g/mol. The van der Waals surface area contributed by atoms with Gasteiger partial charge in [0.1, 0.15) is 17.9 Å². The number of hydrogen-bond donors (Lipinski definition) is 2. The molecule has 1 unspecified atom stereocenters. The van der Waals surface area contributed by atoms with Crippen LogP contribution in [0.25, 0.3) is 0 Å². The molecule has 1 fully saturated rings. The van der Waals surface area contributed by atoms with E-state index in [9.17, 15) is 4.79 Å². The molecule has 1 saturated carbocycles. The smallest absolute Gasteiger partial charge is 0.240 e. The molecular weight excluding hydrogens is 228 g/mol. The van der Waals surface area contributed by atoms with Gasteiger partial charge in [-0.3, -0.25) is 10.1 Å². The predicted octanol–water partition coefficient (Wildman–Crippen LogP) is 1.37. The number of nitrogens with one attached hydrogen (secondary N) is 1. The maximum Gasteiger partial charge on any atom is 0.240 e. The zero-order valence-corrected chi connectivity index (χ0v) is 10.9. The Morgan fingerprint density at radius 2 is 2.17 bits per heavy atom. The van der Waals surface area contributed by atoms with Gasteiger partial charge in [0.2, 0.25) is 5.91 Å². The molecule has 1 atom stereocenters. The first-order valence-corrected chi connectivity index (χ1v) is 6.27. The fourth-order valence-corrected chi connectivity index (χ4v) is 1.80. The number of nitrogens with two attached hydrogens (primary N) is 1. The fourth-order valence-electron chi connectivity index (χ4n) is 1.80. The van der Waals surface area contributed by atoms with E-state index in [0.717, 1.165) is 24.2 Å². The van der Waals surface area contributed by atoms with Gasteiger partial charge in [-0.15, -0.1) is 0 Å². The quantitative estimate of drug-likeness (QED) is 0.799. The third kappa shape index (κ3) is 3.01. The van der Waals surface area contributed by atoms with Crippen LogP contribution >= 0.6 is 0 Å². The Labute approximate surface area is 108 Å². The molecule has 0 saturated heterocycles. The number of para-hydroxylation sites is 1. The topological polar surface area (TPSA) is 64.3 Å². The third-order valence-corrected chi connectivity index (χ3v) is 3.25. The van der Waals surface area contributed by atoms with Gasteiger partial charge in [-0.2, -0.15) is 0 Å². The molecule has 4 heteroatoms. The molecule has 0 aromatic heterocycles. The zero-order valence-electron chi connectivity index (χ0n) is 10.9. The Kier molecular flexibility index (Phi) is 3.57. The van der Waals surface area contributed by atoms with E-state index in [1.807, 2.05) is 31.2 Å². The Morgan fingerprint density at radius 1 is 1.50 bits per heavy atom. The van der Waals surface area contributed by atoms with Gasteiger partial charge in [0.25, 0.3) is 0 Å². The van der Waals surface area contributed by atoms with Crippen molar-refractivity contribution in [3.63, 3.8) is 0 Å². The molecule has 0 bridgehead atoms. The summed E-state index contributed by atoms with van der Waals surface area (Å²) in [5, 5.41) is 3.26. The van der Waals surface area contributed by atoms with Crippen molar-refractivity contribution < 1.29 is 9.53 Å². The van der Waals surface area contributed by atoms with E-state index in [1.165, 1.54) is 0 Å². The number of rotatable bonds is 6. The molecule has 0 aliphatic heterocycles. The number of carbonyl (C=O) groups excluding carboxylic acids is 1. The average Bonchev–Trinajstić information content (AvgIpc) is 3.11. The first kappa shape index (κ1) is 12.9. The van der Waals surface area contributed by atoms with Crippen molar-refractivity contribution >= 4 is 5.91 Å². The van der Waals surface area contributed by atoms with Gasteiger partial charge in [0.05, 0.1) is 0 Å². The van der Waals surface area contributed by atoms with Crippen LogP contribution in [0, 0.1) is 6.92 Å². The summed E-state index contributed by atoms with van der Waals surface area (Å²) in [6.07, 6.45) is 2.21. The minimum atomic E-state index is -0.802. The molecule has 1 aromatic carbocycles. The van der Waals surface area contributed by atoms with Gasteiger partial charge in [0, 0.05) is 6.04 Å². The van der Waals surface area contributed by atoms with Crippen LogP contribution in [-0.2, 0) is 4.79 Å². The summed E-state index contributed by atoms with van der Waals surface area (Å²) in [7, 11) is 0. The minimum Gasteiger partial charge on any atom is -0.491 e. The van der Waals surface area contributed by atoms with Gasteiger partial charge < -0.3 is 10.5 Å². The predicted molar refractivity (Wildman–Crippen MR) is 70.4 cm³/mol. The number of ether oxygens (including phenoxy) is 1. The van der Waals surface area contributed by atoms with E-state index in [2.05, 4.69) is 5.32 Å². The molecule has 1 aliphatic rings.